The summed E-state index contributed by atoms with van der Waals surface area (Å²) in [6.45, 7) is 2.12. The minimum atomic E-state index is 0.681. The fourth-order valence-corrected chi connectivity index (χ4v) is 3.19. The molecule has 22 heavy (non-hydrogen) atoms. The van der Waals surface area contributed by atoms with E-state index in [0.29, 0.717) is 5.65 Å². The fraction of sp³-hybridized carbons (Fsp3) is 0.0556. The Morgan fingerprint density at radius 3 is 2.55 bits per heavy atom. The van der Waals surface area contributed by atoms with Gasteiger partial charge in [-0.25, -0.2) is 15.0 Å². The molecule has 0 saturated heterocycles. The van der Waals surface area contributed by atoms with Gasteiger partial charge in [0.05, 0.1) is 5.52 Å². The van der Waals surface area contributed by atoms with E-state index in [1.807, 2.05) is 6.07 Å². The lowest BCUT2D eigenvalue weighted by molar-refractivity contribution is 1.22. The first-order valence-corrected chi connectivity index (χ1v) is 7.23. The highest BCUT2D eigenvalue weighted by molar-refractivity contribution is 6.13. The van der Waals surface area contributed by atoms with Gasteiger partial charge in [-0.1, -0.05) is 35.9 Å². The Balaban J connectivity index is 2.23. The predicted molar refractivity (Wildman–Crippen MR) is 88.0 cm³/mol. The first-order chi connectivity index (χ1) is 10.8. The second-order valence-electron chi connectivity index (χ2n) is 5.54. The van der Waals surface area contributed by atoms with E-state index in [2.05, 4.69) is 57.7 Å². The van der Waals surface area contributed by atoms with E-state index < -0.39 is 0 Å². The Morgan fingerprint density at radius 1 is 0.818 bits per heavy atom. The minimum Gasteiger partial charge on any atom is -0.275 e. The molecule has 2 aromatic carbocycles. The van der Waals surface area contributed by atoms with Crippen molar-refractivity contribution in [2.24, 2.45) is 0 Å². The van der Waals surface area contributed by atoms with Crippen LogP contribution in [0.25, 0.3) is 38.6 Å². The van der Waals surface area contributed by atoms with E-state index in [4.69, 9.17) is 4.98 Å². The van der Waals surface area contributed by atoms with E-state index in [1.54, 1.807) is 12.4 Å². The van der Waals surface area contributed by atoms with Crippen LogP contribution < -0.4 is 0 Å². The quantitative estimate of drug-likeness (QED) is 0.405. The highest BCUT2D eigenvalue weighted by Gasteiger charge is 2.14. The molecule has 4 heteroatoms. The van der Waals surface area contributed by atoms with Crippen LogP contribution in [0.15, 0.2) is 54.9 Å². The topological polar surface area (TPSA) is 43.1 Å². The van der Waals surface area contributed by atoms with Crippen molar-refractivity contribution in [3.05, 3.63) is 60.4 Å². The molecule has 0 unspecified atom stereocenters. The average Bonchev–Trinajstić information content (AvgIpc) is 2.95. The Morgan fingerprint density at radius 2 is 1.64 bits per heavy atom. The summed E-state index contributed by atoms with van der Waals surface area (Å²) < 4.78 is 2.11. The summed E-state index contributed by atoms with van der Waals surface area (Å²) in [6.07, 6.45) is 3.40. The van der Waals surface area contributed by atoms with Gasteiger partial charge in [0.25, 0.3) is 0 Å². The van der Waals surface area contributed by atoms with Crippen LogP contribution in [-0.4, -0.2) is 19.4 Å². The lowest BCUT2D eigenvalue weighted by atomic mass is 10.0. The Labute approximate surface area is 126 Å². The van der Waals surface area contributed by atoms with Gasteiger partial charge in [-0.15, -0.1) is 0 Å². The maximum atomic E-state index is 4.71. The van der Waals surface area contributed by atoms with Crippen LogP contribution >= 0.6 is 0 Å². The van der Waals surface area contributed by atoms with Crippen molar-refractivity contribution in [1.82, 2.24) is 19.4 Å². The van der Waals surface area contributed by atoms with Crippen molar-refractivity contribution >= 4 is 38.6 Å². The van der Waals surface area contributed by atoms with E-state index >= 15 is 0 Å². The number of imidazole rings is 1. The first kappa shape index (κ1) is 11.6. The zero-order chi connectivity index (χ0) is 14.7. The van der Waals surface area contributed by atoms with Gasteiger partial charge in [-0.2, -0.15) is 0 Å². The van der Waals surface area contributed by atoms with Gasteiger partial charge in [0.15, 0.2) is 11.3 Å². The Kier molecular flexibility index (Phi) is 2.12. The molecular weight excluding hydrogens is 272 g/mol. The third-order valence-corrected chi connectivity index (χ3v) is 4.15. The number of hydrogen-bond donors (Lipinski definition) is 0. The number of aryl methyl sites for hydroxylation is 1. The molecule has 5 rings (SSSR count). The normalized spacial score (nSPS) is 11.9. The largest absolute Gasteiger partial charge is 0.275 e. The molecule has 0 radical (unpaired) electrons. The molecule has 0 bridgehead atoms. The molecule has 0 N–H and O–H groups in total. The monoisotopic (exact) mass is 284 g/mol. The molecule has 0 spiro atoms. The lowest BCUT2D eigenvalue weighted by Gasteiger charge is -2.09. The summed E-state index contributed by atoms with van der Waals surface area (Å²) in [4.78, 5) is 13.5. The highest BCUT2D eigenvalue weighted by atomic mass is 15.1. The van der Waals surface area contributed by atoms with Gasteiger partial charge < -0.3 is 0 Å². The van der Waals surface area contributed by atoms with Gasteiger partial charge in [0.1, 0.15) is 5.65 Å². The number of rotatable bonds is 0. The summed E-state index contributed by atoms with van der Waals surface area (Å²) in [5.74, 6) is 0. The molecule has 3 aromatic heterocycles. The number of benzene rings is 2. The van der Waals surface area contributed by atoms with Crippen molar-refractivity contribution in [3.63, 3.8) is 0 Å². The molecule has 0 amide bonds. The Hall–Kier alpha value is -3.01. The molecule has 0 aliphatic rings. The van der Waals surface area contributed by atoms with Gasteiger partial charge in [0.2, 0.25) is 0 Å². The molecule has 0 saturated carbocycles. The fourth-order valence-electron chi connectivity index (χ4n) is 3.19. The summed E-state index contributed by atoms with van der Waals surface area (Å²) in [7, 11) is 0. The van der Waals surface area contributed by atoms with Crippen LogP contribution in [0.2, 0.25) is 0 Å². The zero-order valence-corrected chi connectivity index (χ0v) is 12.0. The smallest absolute Gasteiger partial charge is 0.198 e. The summed E-state index contributed by atoms with van der Waals surface area (Å²) in [6, 6.07) is 14.9. The second kappa shape index (κ2) is 4.01. The van der Waals surface area contributed by atoms with Gasteiger partial charge in [-0.05, 0) is 24.4 Å². The molecule has 0 fully saturated rings. The SMILES string of the molecule is Cc1ccc2c(c1)c1ccccc1c1nc3nccnc3n21. The van der Waals surface area contributed by atoms with Crippen molar-refractivity contribution in [2.45, 2.75) is 6.92 Å². The first-order valence-electron chi connectivity index (χ1n) is 7.23. The number of aromatic nitrogens is 4. The third kappa shape index (κ3) is 1.39. The third-order valence-electron chi connectivity index (χ3n) is 4.15. The molecule has 0 aliphatic carbocycles. The van der Waals surface area contributed by atoms with Crippen LogP contribution in [0.3, 0.4) is 0 Å². The van der Waals surface area contributed by atoms with Crippen molar-refractivity contribution in [1.29, 1.82) is 0 Å². The van der Waals surface area contributed by atoms with E-state index in [9.17, 15) is 0 Å². The van der Waals surface area contributed by atoms with E-state index in [0.717, 1.165) is 22.2 Å². The maximum absolute atomic E-state index is 4.71. The maximum Gasteiger partial charge on any atom is 0.198 e. The van der Waals surface area contributed by atoms with Crippen LogP contribution in [0.1, 0.15) is 5.56 Å². The van der Waals surface area contributed by atoms with Crippen molar-refractivity contribution < 1.29 is 0 Å². The molecule has 3 heterocycles. The van der Waals surface area contributed by atoms with Crippen LogP contribution in [0.5, 0.6) is 0 Å². The van der Waals surface area contributed by atoms with E-state index in [-0.39, 0.29) is 0 Å². The van der Waals surface area contributed by atoms with Gasteiger partial charge in [-0.3, -0.25) is 4.40 Å². The number of pyridine rings is 1. The molecule has 0 atom stereocenters. The second-order valence-corrected chi connectivity index (χ2v) is 5.54. The van der Waals surface area contributed by atoms with Gasteiger partial charge in [0, 0.05) is 23.2 Å². The lowest BCUT2D eigenvalue weighted by Crippen LogP contribution is -1.93. The summed E-state index contributed by atoms with van der Waals surface area (Å²) >= 11 is 0. The number of hydrogen-bond acceptors (Lipinski definition) is 3. The molecule has 104 valence electrons. The van der Waals surface area contributed by atoms with Crippen LogP contribution in [-0.2, 0) is 0 Å². The predicted octanol–water partition coefficient (Wildman–Crippen LogP) is 3.89. The average molecular weight is 284 g/mol. The highest BCUT2D eigenvalue weighted by Crippen LogP contribution is 2.31. The Bertz CT molecular complexity index is 1190. The number of fused-ring (bicyclic) bond motifs is 8. The summed E-state index contributed by atoms with van der Waals surface area (Å²) in [5.41, 5.74) is 4.75. The molecule has 4 nitrogen and oxygen atoms in total. The minimum absolute atomic E-state index is 0.681. The molecular formula is C18H12N4. The van der Waals surface area contributed by atoms with Crippen molar-refractivity contribution in [2.75, 3.05) is 0 Å². The number of nitrogens with zero attached hydrogens (tertiary/aromatic N) is 4. The molecule has 5 aromatic rings. The van der Waals surface area contributed by atoms with Crippen LogP contribution in [0, 0.1) is 6.92 Å². The van der Waals surface area contributed by atoms with Gasteiger partial charge >= 0.3 is 0 Å². The van der Waals surface area contributed by atoms with E-state index in [1.165, 1.54) is 16.3 Å². The van der Waals surface area contributed by atoms with Crippen molar-refractivity contribution in [3.8, 4) is 0 Å². The standard InChI is InChI=1S/C18H12N4/c1-11-6-7-15-14(10-11)12-4-2-3-5-13(12)17-21-16-18(22(15)17)20-9-8-19-16/h2-10H,1H3. The zero-order valence-electron chi connectivity index (χ0n) is 12.0. The molecule has 0 aliphatic heterocycles. The van der Waals surface area contributed by atoms with Crippen LogP contribution in [0.4, 0.5) is 0 Å². The summed E-state index contributed by atoms with van der Waals surface area (Å²) in [5, 5.41) is 3.55.